The van der Waals surface area contributed by atoms with Gasteiger partial charge in [0.05, 0.1) is 35.5 Å². The molecule has 7 nitrogen and oxygen atoms in total. The Balaban J connectivity index is 1.79. The van der Waals surface area contributed by atoms with Gasteiger partial charge in [-0.2, -0.15) is 0 Å². The van der Waals surface area contributed by atoms with Gasteiger partial charge in [-0.15, -0.1) is 0 Å². The molecule has 1 aromatic heterocycles. The molecular formula is C30H36N3O4P. The predicted molar refractivity (Wildman–Crippen MR) is 155 cm³/mol. The molecule has 4 rings (SSSR count). The molecule has 0 fully saturated rings. The Kier molecular flexibility index (Phi) is 9.53. The average molecular weight is 534 g/mol. The zero-order chi connectivity index (χ0) is 27.0. The molecule has 8 heteroatoms. The third kappa shape index (κ3) is 6.43. The molecule has 0 aliphatic heterocycles. The smallest absolute Gasteiger partial charge is 0.361 e. The second-order valence-electron chi connectivity index (χ2n) is 8.93. The molecule has 3 aromatic carbocycles. The molecule has 0 spiro atoms. The lowest BCUT2D eigenvalue weighted by molar-refractivity contribution is 0.230. The number of hydrogen-bond acceptors (Lipinski definition) is 6. The normalized spacial score (nSPS) is 12.3. The Morgan fingerprint density at radius 2 is 1.68 bits per heavy atom. The minimum atomic E-state index is -3.52. The van der Waals surface area contributed by atoms with E-state index in [2.05, 4.69) is 29.4 Å². The van der Waals surface area contributed by atoms with Gasteiger partial charge in [0.2, 0.25) is 0 Å². The zero-order valence-corrected chi connectivity index (χ0v) is 23.1. The maximum absolute atomic E-state index is 13.5. The summed E-state index contributed by atoms with van der Waals surface area (Å²) in [7, 11) is -3.52. The molecule has 1 heterocycles. The van der Waals surface area contributed by atoms with Crippen molar-refractivity contribution in [1.82, 2.24) is 10.3 Å². The Bertz CT molecular complexity index is 1400. The number of aromatic nitrogens is 1. The quantitative estimate of drug-likeness (QED) is 0.0995. The highest BCUT2D eigenvalue weighted by atomic mass is 31.2. The fourth-order valence-corrected chi connectivity index (χ4v) is 5.91. The maximum Gasteiger partial charge on any atom is 0.361 e. The zero-order valence-electron chi connectivity index (χ0n) is 22.2. The summed E-state index contributed by atoms with van der Waals surface area (Å²) in [5.74, 6) is -0.0147. The van der Waals surface area contributed by atoms with Crippen molar-refractivity contribution in [3.8, 4) is 5.88 Å². The molecule has 0 amide bonds. The molecule has 0 saturated heterocycles. The molecular weight excluding hydrogens is 497 g/mol. The van der Waals surface area contributed by atoms with E-state index in [0.29, 0.717) is 27.5 Å². The first kappa shape index (κ1) is 27.8. The number of rotatable bonds is 13. The van der Waals surface area contributed by atoms with Crippen molar-refractivity contribution in [3.05, 3.63) is 89.5 Å². The van der Waals surface area contributed by atoms with E-state index in [4.69, 9.17) is 14.0 Å². The molecule has 0 aliphatic carbocycles. The van der Waals surface area contributed by atoms with E-state index in [1.54, 1.807) is 32.0 Å². The van der Waals surface area contributed by atoms with E-state index in [1.165, 1.54) is 12.0 Å². The van der Waals surface area contributed by atoms with Gasteiger partial charge in [0.1, 0.15) is 0 Å². The SMILES string of the molecule is CCCCNCc1ccc(N=C(c2ccccc2)c2c(O)[nH]c3ccc(P(=O)(OCC)OCC)cc23)cc1. The highest BCUT2D eigenvalue weighted by molar-refractivity contribution is 7.62. The van der Waals surface area contributed by atoms with Crippen molar-refractivity contribution in [3.63, 3.8) is 0 Å². The number of nitrogens with one attached hydrogen (secondary N) is 2. The number of unbranched alkanes of at least 4 members (excludes halogenated alkanes) is 1. The topological polar surface area (TPSA) is 95.9 Å². The van der Waals surface area contributed by atoms with E-state index in [9.17, 15) is 9.67 Å². The van der Waals surface area contributed by atoms with E-state index < -0.39 is 7.60 Å². The van der Waals surface area contributed by atoms with Crippen LogP contribution in [0.4, 0.5) is 5.69 Å². The average Bonchev–Trinajstić information content (AvgIpc) is 3.26. The Morgan fingerprint density at radius 3 is 2.34 bits per heavy atom. The van der Waals surface area contributed by atoms with Crippen molar-refractivity contribution in [2.45, 2.75) is 40.2 Å². The van der Waals surface area contributed by atoms with Gasteiger partial charge >= 0.3 is 7.60 Å². The predicted octanol–water partition coefficient (Wildman–Crippen LogP) is 6.82. The van der Waals surface area contributed by atoms with Gasteiger partial charge in [-0.05, 0) is 62.7 Å². The highest BCUT2D eigenvalue weighted by Crippen LogP contribution is 2.47. The monoisotopic (exact) mass is 533 g/mol. The molecule has 38 heavy (non-hydrogen) atoms. The largest absolute Gasteiger partial charge is 0.494 e. The molecule has 0 unspecified atom stereocenters. The fourth-order valence-electron chi connectivity index (χ4n) is 4.31. The summed E-state index contributed by atoms with van der Waals surface area (Å²) in [6, 6.07) is 23.1. The number of nitrogens with zero attached hydrogens (tertiary/aromatic N) is 1. The van der Waals surface area contributed by atoms with Crippen molar-refractivity contribution in [1.29, 1.82) is 0 Å². The van der Waals surface area contributed by atoms with Crippen molar-refractivity contribution in [2.75, 3.05) is 19.8 Å². The third-order valence-corrected chi connectivity index (χ3v) is 8.28. The molecule has 0 saturated carbocycles. The number of aromatic amines is 1. The van der Waals surface area contributed by atoms with Gasteiger partial charge in [-0.3, -0.25) is 4.57 Å². The van der Waals surface area contributed by atoms with E-state index in [0.717, 1.165) is 30.8 Å². The van der Waals surface area contributed by atoms with Gasteiger partial charge in [-0.25, -0.2) is 4.99 Å². The van der Waals surface area contributed by atoms with Crippen LogP contribution in [0.15, 0.2) is 77.8 Å². The molecule has 0 radical (unpaired) electrons. The van der Waals surface area contributed by atoms with E-state index in [-0.39, 0.29) is 19.1 Å². The maximum atomic E-state index is 13.5. The van der Waals surface area contributed by atoms with Crippen LogP contribution in [0.1, 0.15) is 50.3 Å². The van der Waals surface area contributed by atoms with Gasteiger partial charge in [0.15, 0.2) is 5.88 Å². The van der Waals surface area contributed by atoms with Crippen LogP contribution in [-0.4, -0.2) is 35.6 Å². The molecule has 0 bridgehead atoms. The molecule has 4 aromatic rings. The number of aliphatic imine (C=N–C) groups is 1. The summed E-state index contributed by atoms with van der Waals surface area (Å²) in [6.07, 6.45) is 2.32. The van der Waals surface area contributed by atoms with Gasteiger partial charge in [-0.1, -0.05) is 55.8 Å². The van der Waals surface area contributed by atoms with Crippen LogP contribution in [-0.2, 0) is 20.2 Å². The van der Waals surface area contributed by atoms with Gasteiger partial charge < -0.3 is 24.5 Å². The van der Waals surface area contributed by atoms with Crippen LogP contribution >= 0.6 is 7.60 Å². The first-order valence-electron chi connectivity index (χ1n) is 13.2. The second-order valence-corrected chi connectivity index (χ2v) is 11.0. The number of hydrogen-bond donors (Lipinski definition) is 3. The van der Waals surface area contributed by atoms with Crippen LogP contribution in [0.2, 0.25) is 0 Å². The fraction of sp³-hybridized carbons (Fsp3) is 0.300. The first-order chi connectivity index (χ1) is 18.5. The first-order valence-corrected chi connectivity index (χ1v) is 14.7. The van der Waals surface area contributed by atoms with E-state index in [1.807, 2.05) is 42.5 Å². The summed E-state index contributed by atoms with van der Waals surface area (Å²) < 4.78 is 24.6. The Morgan fingerprint density at radius 1 is 0.974 bits per heavy atom. The highest BCUT2D eigenvalue weighted by Gasteiger charge is 2.28. The van der Waals surface area contributed by atoms with Crippen LogP contribution < -0.4 is 10.6 Å². The Labute approximate surface area is 224 Å². The summed E-state index contributed by atoms with van der Waals surface area (Å²) in [5, 5.41) is 15.6. The number of aromatic hydroxyl groups is 1. The van der Waals surface area contributed by atoms with Crippen molar-refractivity contribution >= 4 is 35.2 Å². The standard InChI is InChI=1S/C30H36N3O4P/c1-4-7-19-31-21-22-13-15-24(16-14-22)32-29(23-11-9-8-10-12-23)28-26-20-25(17-18-27(26)33-30(28)34)38(35,36-5-2)37-6-3/h8-18,20,31,33-34H,4-7,19,21H2,1-3H3. The van der Waals surface area contributed by atoms with Crippen LogP contribution in [0.5, 0.6) is 5.88 Å². The van der Waals surface area contributed by atoms with Crippen LogP contribution in [0, 0.1) is 0 Å². The molecule has 0 atom stereocenters. The van der Waals surface area contributed by atoms with Gasteiger partial charge in [0.25, 0.3) is 0 Å². The Hall–Kier alpha value is -3.22. The second kappa shape index (κ2) is 13.0. The molecule has 3 N–H and O–H groups in total. The third-order valence-electron chi connectivity index (χ3n) is 6.17. The lowest BCUT2D eigenvalue weighted by Gasteiger charge is -2.17. The van der Waals surface area contributed by atoms with E-state index >= 15 is 0 Å². The van der Waals surface area contributed by atoms with Crippen molar-refractivity contribution < 1.29 is 18.7 Å². The number of benzene rings is 3. The summed E-state index contributed by atoms with van der Waals surface area (Å²) in [4.78, 5) is 8.03. The molecule has 0 aliphatic rings. The van der Waals surface area contributed by atoms with Crippen LogP contribution in [0.25, 0.3) is 10.9 Å². The molecule has 200 valence electrons. The summed E-state index contributed by atoms with van der Waals surface area (Å²) in [5.41, 5.74) is 4.61. The summed E-state index contributed by atoms with van der Waals surface area (Å²) >= 11 is 0. The minimum Gasteiger partial charge on any atom is -0.494 e. The summed E-state index contributed by atoms with van der Waals surface area (Å²) in [6.45, 7) is 8.05. The number of fused-ring (bicyclic) bond motifs is 1. The van der Waals surface area contributed by atoms with Crippen molar-refractivity contribution in [2.24, 2.45) is 4.99 Å². The lowest BCUT2D eigenvalue weighted by Crippen LogP contribution is -2.14. The number of H-pyrrole nitrogens is 1. The minimum absolute atomic E-state index is 0.0147. The van der Waals surface area contributed by atoms with Gasteiger partial charge in [0, 0.05) is 23.0 Å². The lowest BCUT2D eigenvalue weighted by atomic mass is 10.0. The van der Waals surface area contributed by atoms with Crippen LogP contribution in [0.3, 0.4) is 0 Å².